The molecule has 0 fully saturated rings. The number of ketones is 1. The molecule has 0 aliphatic rings. The number of rotatable bonds is 6. The largest absolute Gasteiger partial charge is 0.288 e. The van der Waals surface area contributed by atoms with E-state index >= 15 is 0 Å². The van der Waals surface area contributed by atoms with E-state index in [-0.39, 0.29) is 11.4 Å². The number of hydrogen-bond acceptors (Lipinski definition) is 4. The van der Waals surface area contributed by atoms with Gasteiger partial charge in [0.1, 0.15) is 17.3 Å². The van der Waals surface area contributed by atoms with Gasteiger partial charge in [0, 0.05) is 35.3 Å². The molecular weight excluding hydrogens is 372 g/mol. The van der Waals surface area contributed by atoms with Crippen molar-refractivity contribution in [3.8, 4) is 17.3 Å². The molecule has 0 atom stereocenters. The maximum atomic E-state index is 12.8. The molecule has 0 saturated carbocycles. The Bertz CT molecular complexity index is 1220. The van der Waals surface area contributed by atoms with Gasteiger partial charge in [-0.05, 0) is 23.8 Å². The van der Waals surface area contributed by atoms with E-state index < -0.39 is 0 Å². The van der Waals surface area contributed by atoms with E-state index in [0.717, 1.165) is 11.1 Å². The molecule has 5 heteroatoms. The molecule has 0 unspecified atom stereocenters. The highest BCUT2D eigenvalue weighted by atomic mass is 16.1. The first-order valence-electron chi connectivity index (χ1n) is 9.48. The van der Waals surface area contributed by atoms with Crippen molar-refractivity contribution in [1.29, 1.82) is 5.26 Å². The number of nitrogens with zero attached hydrogens (tertiary/aromatic N) is 4. The van der Waals surface area contributed by atoms with Gasteiger partial charge in [0.05, 0.1) is 6.54 Å². The normalized spacial score (nSPS) is 11.1. The van der Waals surface area contributed by atoms with Gasteiger partial charge in [-0.15, -0.1) is 0 Å². The van der Waals surface area contributed by atoms with Gasteiger partial charge < -0.3 is 0 Å². The van der Waals surface area contributed by atoms with Crippen molar-refractivity contribution in [2.75, 3.05) is 0 Å². The molecule has 2 aromatic heterocycles. The third-order valence-corrected chi connectivity index (χ3v) is 4.61. The van der Waals surface area contributed by atoms with E-state index in [1.807, 2.05) is 65.5 Å². The van der Waals surface area contributed by atoms with Crippen LogP contribution < -0.4 is 0 Å². The SMILES string of the molecule is N#C/C(=C/c1cn(Cc2ccccc2)nc1-c1cccnc1)C(=O)c1ccccc1. The molecule has 4 rings (SSSR count). The van der Waals surface area contributed by atoms with Crippen LogP contribution in [0.5, 0.6) is 0 Å². The summed E-state index contributed by atoms with van der Waals surface area (Å²) in [4.78, 5) is 17.0. The van der Waals surface area contributed by atoms with Crippen LogP contribution in [-0.2, 0) is 6.54 Å². The number of pyridine rings is 1. The predicted octanol–water partition coefficient (Wildman–Crippen LogP) is 4.78. The highest BCUT2D eigenvalue weighted by Gasteiger charge is 2.16. The van der Waals surface area contributed by atoms with Crippen LogP contribution in [0.15, 0.2) is 97.0 Å². The molecule has 0 saturated heterocycles. The van der Waals surface area contributed by atoms with Crippen LogP contribution in [0.3, 0.4) is 0 Å². The van der Waals surface area contributed by atoms with Crippen molar-refractivity contribution in [3.63, 3.8) is 0 Å². The van der Waals surface area contributed by atoms with Crippen LogP contribution in [0.2, 0.25) is 0 Å². The lowest BCUT2D eigenvalue weighted by atomic mass is 10.0. The standard InChI is InChI=1S/C25H18N4O/c26-15-22(25(30)20-10-5-2-6-11-20)14-23-18-29(17-19-8-3-1-4-9-19)28-24(23)21-12-7-13-27-16-21/h1-14,16,18H,17H2/b22-14-. The summed E-state index contributed by atoms with van der Waals surface area (Å²) in [5.41, 5.74) is 3.83. The molecule has 0 N–H and O–H groups in total. The molecule has 5 nitrogen and oxygen atoms in total. The minimum absolute atomic E-state index is 0.0607. The fraction of sp³-hybridized carbons (Fsp3) is 0.0400. The van der Waals surface area contributed by atoms with Gasteiger partial charge in [-0.3, -0.25) is 14.5 Å². The van der Waals surface area contributed by atoms with Crippen LogP contribution >= 0.6 is 0 Å². The van der Waals surface area contributed by atoms with Gasteiger partial charge >= 0.3 is 0 Å². The monoisotopic (exact) mass is 390 g/mol. The topological polar surface area (TPSA) is 71.6 Å². The summed E-state index contributed by atoms with van der Waals surface area (Å²) in [6.07, 6.45) is 6.87. The second-order valence-electron chi connectivity index (χ2n) is 6.72. The maximum Gasteiger partial charge on any atom is 0.203 e. The number of hydrogen-bond donors (Lipinski definition) is 0. The third-order valence-electron chi connectivity index (χ3n) is 4.61. The van der Waals surface area contributed by atoms with E-state index in [1.54, 1.807) is 42.7 Å². The molecule has 0 aliphatic carbocycles. The zero-order chi connectivity index (χ0) is 20.8. The number of carbonyl (C=O) groups is 1. The number of Topliss-reactive ketones (excluding diaryl/α,β-unsaturated/α-hetero) is 1. The predicted molar refractivity (Wildman–Crippen MR) is 115 cm³/mol. The van der Waals surface area contributed by atoms with Crippen molar-refractivity contribution in [1.82, 2.24) is 14.8 Å². The van der Waals surface area contributed by atoms with Crippen LogP contribution in [0, 0.1) is 11.3 Å². The zero-order valence-electron chi connectivity index (χ0n) is 16.1. The lowest BCUT2D eigenvalue weighted by molar-refractivity contribution is 0.104. The Hall–Kier alpha value is -4.30. The lowest BCUT2D eigenvalue weighted by Gasteiger charge is -2.01. The number of allylic oxidation sites excluding steroid dienone is 1. The maximum absolute atomic E-state index is 12.8. The second kappa shape index (κ2) is 8.80. The van der Waals surface area contributed by atoms with E-state index in [2.05, 4.69) is 4.98 Å². The second-order valence-corrected chi connectivity index (χ2v) is 6.72. The van der Waals surface area contributed by atoms with Gasteiger partial charge in [-0.2, -0.15) is 10.4 Å². The van der Waals surface area contributed by atoms with Crippen molar-refractivity contribution < 1.29 is 4.79 Å². The zero-order valence-corrected chi connectivity index (χ0v) is 16.1. The van der Waals surface area contributed by atoms with Crippen molar-refractivity contribution in [2.24, 2.45) is 0 Å². The molecule has 0 radical (unpaired) electrons. The Balaban J connectivity index is 1.76. The first kappa shape index (κ1) is 19.0. The molecule has 0 bridgehead atoms. The quantitative estimate of drug-likeness (QED) is 0.270. The van der Waals surface area contributed by atoms with Gasteiger partial charge in [0.15, 0.2) is 0 Å². The van der Waals surface area contributed by atoms with Gasteiger partial charge in [0.2, 0.25) is 5.78 Å². The van der Waals surface area contributed by atoms with Crippen LogP contribution in [0.4, 0.5) is 0 Å². The minimum atomic E-state index is -0.314. The summed E-state index contributed by atoms with van der Waals surface area (Å²) in [7, 11) is 0. The molecule has 0 aliphatic heterocycles. The van der Waals surface area contributed by atoms with Crippen molar-refractivity contribution in [3.05, 3.63) is 114 Å². The van der Waals surface area contributed by atoms with Gasteiger partial charge in [-0.25, -0.2) is 0 Å². The van der Waals surface area contributed by atoms with Crippen LogP contribution in [-0.4, -0.2) is 20.5 Å². The molecule has 0 spiro atoms. The van der Waals surface area contributed by atoms with Crippen LogP contribution in [0.25, 0.3) is 17.3 Å². The smallest absolute Gasteiger partial charge is 0.203 e. The summed E-state index contributed by atoms with van der Waals surface area (Å²) in [6.45, 7) is 0.580. The summed E-state index contributed by atoms with van der Waals surface area (Å²) >= 11 is 0. The Morgan fingerprint density at radius 3 is 2.40 bits per heavy atom. The first-order valence-corrected chi connectivity index (χ1v) is 9.48. The Morgan fingerprint density at radius 1 is 1.00 bits per heavy atom. The van der Waals surface area contributed by atoms with Gasteiger partial charge in [0.25, 0.3) is 0 Å². The van der Waals surface area contributed by atoms with E-state index in [0.29, 0.717) is 23.4 Å². The van der Waals surface area contributed by atoms with Crippen molar-refractivity contribution in [2.45, 2.75) is 6.54 Å². The average Bonchev–Trinajstić information content (AvgIpc) is 3.21. The Kier molecular flexibility index (Phi) is 5.59. The molecule has 2 aromatic carbocycles. The van der Waals surface area contributed by atoms with E-state index in [4.69, 9.17) is 5.10 Å². The van der Waals surface area contributed by atoms with E-state index in [1.165, 1.54) is 0 Å². The fourth-order valence-electron chi connectivity index (χ4n) is 3.17. The molecule has 144 valence electrons. The molecule has 4 aromatic rings. The Morgan fingerprint density at radius 2 is 1.73 bits per heavy atom. The number of nitriles is 1. The number of aromatic nitrogens is 3. The summed E-state index contributed by atoms with van der Waals surface area (Å²) in [5, 5.41) is 14.4. The molecular formula is C25H18N4O. The average molecular weight is 390 g/mol. The highest BCUT2D eigenvalue weighted by Crippen LogP contribution is 2.25. The number of carbonyl (C=O) groups excluding carboxylic acids is 1. The molecule has 0 amide bonds. The summed E-state index contributed by atoms with van der Waals surface area (Å²) in [6, 6.07) is 24.6. The van der Waals surface area contributed by atoms with E-state index in [9.17, 15) is 10.1 Å². The fourth-order valence-corrected chi connectivity index (χ4v) is 3.17. The van der Waals surface area contributed by atoms with Crippen molar-refractivity contribution >= 4 is 11.9 Å². The minimum Gasteiger partial charge on any atom is -0.288 e. The summed E-state index contributed by atoms with van der Waals surface area (Å²) in [5.74, 6) is -0.314. The first-order chi connectivity index (χ1) is 14.7. The summed E-state index contributed by atoms with van der Waals surface area (Å²) < 4.78 is 1.81. The highest BCUT2D eigenvalue weighted by molar-refractivity contribution is 6.14. The van der Waals surface area contributed by atoms with Gasteiger partial charge in [-0.1, -0.05) is 60.7 Å². The molecule has 30 heavy (non-hydrogen) atoms. The Labute approximate surface area is 174 Å². The van der Waals surface area contributed by atoms with Crippen LogP contribution in [0.1, 0.15) is 21.5 Å². The number of benzene rings is 2. The third kappa shape index (κ3) is 4.23. The lowest BCUT2D eigenvalue weighted by Crippen LogP contribution is -2.01. The molecule has 2 heterocycles.